The maximum absolute atomic E-state index is 14.0. The maximum Gasteiger partial charge on any atom is 0.252 e. The lowest BCUT2D eigenvalue weighted by Gasteiger charge is -2.29. The number of carbonyl (C=O) groups is 1. The average molecular weight is 330 g/mol. The van der Waals surface area contributed by atoms with Crippen LogP contribution in [0.5, 0.6) is 0 Å². The molecule has 1 aliphatic rings. The first kappa shape index (κ1) is 16.1. The molecule has 0 radical (unpaired) electrons. The number of hydrogen-bond donors (Lipinski definition) is 4. The number of nitrogens with two attached hydrogens (primary N) is 1. The molecule has 2 atom stereocenters. The van der Waals surface area contributed by atoms with Gasteiger partial charge in [-0.25, -0.2) is 14.4 Å². The minimum absolute atomic E-state index is 0.229. The van der Waals surface area contributed by atoms with Gasteiger partial charge in [-0.3, -0.25) is 4.79 Å². The normalized spacial score (nSPS) is 20.4. The van der Waals surface area contributed by atoms with Crippen LogP contribution in [0.15, 0.2) is 36.7 Å². The average Bonchev–Trinajstić information content (AvgIpc) is 2.58. The van der Waals surface area contributed by atoms with Crippen LogP contribution in [0.2, 0.25) is 0 Å². The number of primary amides is 1. The van der Waals surface area contributed by atoms with E-state index in [0.717, 1.165) is 0 Å². The Balaban J connectivity index is 1.84. The number of pyridine rings is 2. The van der Waals surface area contributed by atoms with E-state index in [4.69, 9.17) is 5.73 Å². The second-order valence-electron chi connectivity index (χ2n) is 5.58. The van der Waals surface area contributed by atoms with Crippen molar-refractivity contribution in [2.45, 2.75) is 18.6 Å². The van der Waals surface area contributed by atoms with Gasteiger partial charge in [-0.2, -0.15) is 0 Å². The third-order valence-electron chi connectivity index (χ3n) is 3.84. The highest BCUT2D eigenvalue weighted by molar-refractivity contribution is 5.98. The van der Waals surface area contributed by atoms with Crippen molar-refractivity contribution in [1.82, 2.24) is 15.3 Å². The largest absolute Gasteiger partial charge is 0.378 e. The highest BCUT2D eigenvalue weighted by Gasteiger charge is 2.25. The summed E-state index contributed by atoms with van der Waals surface area (Å²) in [4.78, 5) is 19.9. The Morgan fingerprint density at radius 2 is 2.21 bits per heavy atom. The molecule has 0 aromatic carbocycles. The van der Waals surface area contributed by atoms with Crippen molar-refractivity contribution in [3.05, 3.63) is 42.2 Å². The van der Waals surface area contributed by atoms with E-state index in [1.54, 1.807) is 24.4 Å². The van der Waals surface area contributed by atoms with Gasteiger partial charge < -0.3 is 21.7 Å². The molecule has 2 aromatic heterocycles. The molecule has 2 aromatic rings. The minimum atomic E-state index is -1.04. The highest BCUT2D eigenvalue weighted by atomic mass is 19.1. The topological polar surface area (TPSA) is 105 Å². The zero-order chi connectivity index (χ0) is 16.9. The summed E-state index contributed by atoms with van der Waals surface area (Å²) in [6.07, 6.45) is 2.61. The molecule has 1 amide bonds. The Bertz CT molecular complexity index is 711. The van der Waals surface area contributed by atoms with Crippen LogP contribution < -0.4 is 21.7 Å². The lowest BCUT2D eigenvalue weighted by Crippen LogP contribution is -2.45. The molecule has 5 N–H and O–H groups in total. The number of hydrogen-bond acceptors (Lipinski definition) is 6. The van der Waals surface area contributed by atoms with Crippen LogP contribution in [-0.2, 0) is 0 Å². The molecule has 3 rings (SSSR count). The van der Waals surface area contributed by atoms with E-state index < -0.39 is 12.1 Å². The van der Waals surface area contributed by atoms with Gasteiger partial charge in [0, 0.05) is 25.0 Å². The maximum atomic E-state index is 14.0. The number of alkyl halides is 1. The van der Waals surface area contributed by atoms with Gasteiger partial charge in [-0.1, -0.05) is 6.07 Å². The predicted molar refractivity (Wildman–Crippen MR) is 90.1 cm³/mol. The Morgan fingerprint density at radius 1 is 1.33 bits per heavy atom. The summed E-state index contributed by atoms with van der Waals surface area (Å²) in [7, 11) is 0. The summed E-state index contributed by atoms with van der Waals surface area (Å²) in [6, 6.07) is 6.70. The van der Waals surface area contributed by atoms with Crippen molar-refractivity contribution in [3.8, 4) is 0 Å². The molecule has 1 aliphatic heterocycles. The van der Waals surface area contributed by atoms with Crippen LogP contribution in [0.4, 0.5) is 21.7 Å². The van der Waals surface area contributed by atoms with Gasteiger partial charge in [0.2, 0.25) is 0 Å². The highest BCUT2D eigenvalue weighted by Crippen LogP contribution is 2.23. The lowest BCUT2D eigenvalue weighted by molar-refractivity contribution is 0.100. The Kier molecular flexibility index (Phi) is 4.85. The summed E-state index contributed by atoms with van der Waals surface area (Å²) in [5.41, 5.74) is 6.09. The summed E-state index contributed by atoms with van der Waals surface area (Å²) in [6.45, 7) is 1.00. The third kappa shape index (κ3) is 3.77. The van der Waals surface area contributed by atoms with E-state index in [1.165, 1.54) is 6.20 Å². The summed E-state index contributed by atoms with van der Waals surface area (Å²) < 4.78 is 14.0. The number of anilines is 3. The standard InChI is InChI=1S/C16H19FN6O/c17-11-9-19-6-4-12(11)22-13-7-15(21-8-10(13)16(18)24)23-14-3-1-2-5-20-14/h1-3,5,7-8,11-12,19H,4,6,9H2,(H2,18,24)(H2,20,21,22,23)/t11-,12+/m0/s1. The Hall–Kier alpha value is -2.74. The number of amides is 1. The summed E-state index contributed by atoms with van der Waals surface area (Å²) >= 11 is 0. The van der Waals surface area contributed by atoms with E-state index in [1.807, 2.05) is 6.07 Å². The fraction of sp³-hybridized carbons (Fsp3) is 0.312. The number of carbonyl (C=O) groups excluding carboxylic acids is 1. The summed E-state index contributed by atoms with van der Waals surface area (Å²) in [5, 5.41) is 9.12. The molecule has 8 heteroatoms. The first-order chi connectivity index (χ1) is 11.6. The van der Waals surface area contributed by atoms with E-state index in [-0.39, 0.29) is 18.2 Å². The van der Waals surface area contributed by atoms with E-state index >= 15 is 0 Å². The molecule has 0 spiro atoms. The molecular formula is C16H19FN6O. The molecule has 3 heterocycles. The number of piperidine rings is 1. The second kappa shape index (κ2) is 7.22. The van der Waals surface area contributed by atoms with Crippen molar-refractivity contribution in [1.29, 1.82) is 0 Å². The van der Waals surface area contributed by atoms with E-state index in [9.17, 15) is 9.18 Å². The van der Waals surface area contributed by atoms with E-state index in [2.05, 4.69) is 25.9 Å². The van der Waals surface area contributed by atoms with Gasteiger partial charge >= 0.3 is 0 Å². The number of nitrogens with one attached hydrogen (secondary N) is 3. The summed E-state index contributed by atoms with van der Waals surface area (Å²) in [5.74, 6) is 0.497. The molecule has 7 nitrogen and oxygen atoms in total. The van der Waals surface area contributed by atoms with Crippen LogP contribution in [0.1, 0.15) is 16.8 Å². The van der Waals surface area contributed by atoms with Crippen LogP contribution in [-0.4, -0.2) is 41.2 Å². The quantitative estimate of drug-likeness (QED) is 0.661. The molecule has 0 unspecified atom stereocenters. The molecule has 0 aliphatic carbocycles. The number of aromatic nitrogens is 2. The van der Waals surface area contributed by atoms with Gasteiger partial charge in [0.05, 0.1) is 17.3 Å². The monoisotopic (exact) mass is 330 g/mol. The fourth-order valence-electron chi connectivity index (χ4n) is 2.59. The van der Waals surface area contributed by atoms with Gasteiger partial charge in [-0.15, -0.1) is 0 Å². The molecular weight excluding hydrogens is 311 g/mol. The molecule has 0 bridgehead atoms. The number of nitrogens with zero attached hydrogens (tertiary/aromatic N) is 2. The van der Waals surface area contributed by atoms with Crippen LogP contribution >= 0.6 is 0 Å². The van der Waals surface area contributed by atoms with Crippen LogP contribution in [0, 0.1) is 0 Å². The zero-order valence-corrected chi connectivity index (χ0v) is 13.0. The van der Waals surface area contributed by atoms with Crippen molar-refractivity contribution in [3.63, 3.8) is 0 Å². The SMILES string of the molecule is NC(=O)c1cnc(Nc2ccccn2)cc1N[C@@H]1CCNC[C@@H]1F. The van der Waals surface area contributed by atoms with Crippen molar-refractivity contribution in [2.24, 2.45) is 5.73 Å². The number of rotatable bonds is 5. The molecule has 1 saturated heterocycles. The predicted octanol–water partition coefficient (Wildman–Crippen LogP) is 1.43. The second-order valence-corrected chi connectivity index (χ2v) is 5.58. The fourth-order valence-corrected chi connectivity index (χ4v) is 2.59. The molecule has 126 valence electrons. The van der Waals surface area contributed by atoms with Crippen LogP contribution in [0.3, 0.4) is 0 Å². The van der Waals surface area contributed by atoms with Gasteiger partial charge in [0.25, 0.3) is 5.91 Å². The van der Waals surface area contributed by atoms with Gasteiger partial charge in [0.1, 0.15) is 17.8 Å². The zero-order valence-electron chi connectivity index (χ0n) is 13.0. The van der Waals surface area contributed by atoms with Crippen molar-refractivity contribution < 1.29 is 9.18 Å². The lowest BCUT2D eigenvalue weighted by atomic mass is 10.0. The first-order valence-corrected chi connectivity index (χ1v) is 7.72. The van der Waals surface area contributed by atoms with Gasteiger partial charge in [-0.05, 0) is 25.1 Å². The van der Waals surface area contributed by atoms with E-state index in [0.29, 0.717) is 30.3 Å². The van der Waals surface area contributed by atoms with Gasteiger partial charge in [0.15, 0.2) is 0 Å². The molecule has 1 fully saturated rings. The third-order valence-corrected chi connectivity index (χ3v) is 3.84. The first-order valence-electron chi connectivity index (χ1n) is 7.72. The van der Waals surface area contributed by atoms with Crippen LogP contribution in [0.25, 0.3) is 0 Å². The minimum Gasteiger partial charge on any atom is -0.378 e. The Morgan fingerprint density at radius 3 is 2.92 bits per heavy atom. The van der Waals surface area contributed by atoms with Crippen molar-refractivity contribution >= 4 is 23.2 Å². The molecule has 0 saturated carbocycles. The van der Waals surface area contributed by atoms with Crippen molar-refractivity contribution in [2.75, 3.05) is 23.7 Å². The smallest absolute Gasteiger partial charge is 0.252 e. The Labute approximate surface area is 138 Å². The molecule has 24 heavy (non-hydrogen) atoms. The number of halogens is 1.